The summed E-state index contributed by atoms with van der Waals surface area (Å²) < 4.78 is 29.3. The number of likely N-dealkylation sites (N-methyl/N-ethyl adjacent to an activating group) is 1. The highest BCUT2D eigenvalue weighted by atomic mass is 35.5. The quantitative estimate of drug-likeness (QED) is 0.340. The number of carbonyl (C=O) groups is 4. The molecule has 2 saturated heterocycles. The Kier molecular flexibility index (Phi) is 11.1. The number of ether oxygens (including phenoxy) is 5. The highest BCUT2D eigenvalue weighted by Gasteiger charge is 2.73. The number of benzene rings is 1. The van der Waals surface area contributed by atoms with Gasteiger partial charge in [0, 0.05) is 40.5 Å². The molecule has 3 aliphatic rings. The fraction of sp³-hybridized carbons (Fsp3) is 0.600. The lowest BCUT2D eigenvalue weighted by atomic mass is 9.76. The molecule has 8 atom stereocenters. The highest BCUT2D eigenvalue weighted by molar-refractivity contribution is 6.35. The molecule has 1 aromatic carbocycles. The Hall–Kier alpha value is -3.65. The number of alkyl carbamates (subject to hydrolysis) is 1. The Balaban J connectivity index is 1.83. The number of aliphatic hydroxyl groups is 1. The molecule has 0 unspecified atom stereocenters. The molecule has 270 valence electrons. The van der Waals surface area contributed by atoms with Gasteiger partial charge in [0.25, 0.3) is 0 Å². The minimum atomic E-state index is -1.83. The molecule has 2 N–H and O–H groups in total. The van der Waals surface area contributed by atoms with Crippen LogP contribution in [0.15, 0.2) is 35.9 Å². The summed E-state index contributed by atoms with van der Waals surface area (Å²) in [5.74, 6) is -1.70. The smallest absolute Gasteiger partial charge is 0.409 e. The summed E-state index contributed by atoms with van der Waals surface area (Å²) in [4.78, 5) is 55.1. The van der Waals surface area contributed by atoms with Crippen LogP contribution in [0, 0.1) is 5.92 Å². The monoisotopic (exact) mass is 705 g/mol. The number of nitrogens with one attached hydrogen (secondary N) is 1. The zero-order chi connectivity index (χ0) is 36.6. The Morgan fingerprint density at radius 3 is 2.49 bits per heavy atom. The lowest BCUT2D eigenvalue weighted by molar-refractivity contribution is -0.161. The number of anilines is 1. The van der Waals surface area contributed by atoms with Gasteiger partial charge in [0.15, 0.2) is 5.72 Å². The number of allylic oxidation sites excluding steroid dienone is 3. The number of hydrogen-bond acceptors (Lipinski definition) is 10. The molecule has 13 nitrogen and oxygen atoms in total. The van der Waals surface area contributed by atoms with Crippen LogP contribution in [-0.4, -0.2) is 103 Å². The summed E-state index contributed by atoms with van der Waals surface area (Å²) >= 11 is 6.73. The fourth-order valence-corrected chi connectivity index (χ4v) is 6.94. The normalized spacial score (nSPS) is 32.6. The molecule has 0 aromatic heterocycles. The van der Waals surface area contributed by atoms with Crippen LogP contribution >= 0.6 is 11.6 Å². The first-order valence-corrected chi connectivity index (χ1v) is 16.5. The number of rotatable bonds is 5. The van der Waals surface area contributed by atoms with Crippen LogP contribution < -0.4 is 15.0 Å². The van der Waals surface area contributed by atoms with E-state index < -0.39 is 65.2 Å². The molecule has 3 heterocycles. The largest absolute Gasteiger partial charge is 0.495 e. The van der Waals surface area contributed by atoms with Crippen molar-refractivity contribution in [3.63, 3.8) is 0 Å². The van der Waals surface area contributed by atoms with Crippen LogP contribution in [0.2, 0.25) is 5.02 Å². The van der Waals surface area contributed by atoms with Gasteiger partial charge < -0.3 is 38.6 Å². The van der Waals surface area contributed by atoms with Crippen molar-refractivity contribution in [3.05, 3.63) is 46.5 Å². The van der Waals surface area contributed by atoms with E-state index in [4.69, 9.17) is 35.3 Å². The number of hydrogen-bond donors (Lipinski definition) is 2. The van der Waals surface area contributed by atoms with Crippen molar-refractivity contribution in [1.29, 1.82) is 0 Å². The van der Waals surface area contributed by atoms with E-state index in [2.05, 4.69) is 5.32 Å². The second-order valence-electron chi connectivity index (χ2n) is 13.6. The minimum absolute atomic E-state index is 0.0584. The maximum absolute atomic E-state index is 14.1. The number of amides is 3. The van der Waals surface area contributed by atoms with E-state index in [0.29, 0.717) is 17.9 Å². The van der Waals surface area contributed by atoms with Crippen molar-refractivity contribution in [2.45, 2.75) is 102 Å². The SMILES string of the molecule is COc1cc2cc(c1Cl)N(C)C(=O)C[C@H](OC(=O)[C@H](C)N(C)C(C)=O)[C@]1(C)O[C@]1(C)[C@H](C)[C@@H]1C[C@@](O)(NC(=O)O1)[C@H](OC)C=CC=C(C)C2. The topological polar surface area (TPSA) is 156 Å². The molecule has 0 spiro atoms. The zero-order valence-corrected chi connectivity index (χ0v) is 30.5. The highest BCUT2D eigenvalue weighted by Crippen LogP contribution is 2.58. The number of nitrogens with zero attached hydrogens (tertiary/aromatic N) is 2. The average molecular weight is 706 g/mol. The predicted molar refractivity (Wildman–Crippen MR) is 181 cm³/mol. The molecule has 3 amide bonds. The van der Waals surface area contributed by atoms with E-state index >= 15 is 0 Å². The van der Waals surface area contributed by atoms with E-state index in [1.807, 2.05) is 13.0 Å². The minimum Gasteiger partial charge on any atom is -0.495 e. The van der Waals surface area contributed by atoms with E-state index in [1.54, 1.807) is 52.1 Å². The van der Waals surface area contributed by atoms with E-state index in [-0.39, 0.29) is 23.8 Å². The van der Waals surface area contributed by atoms with E-state index in [1.165, 1.54) is 44.9 Å². The number of carbonyl (C=O) groups excluding carboxylic acids is 4. The van der Waals surface area contributed by atoms with Gasteiger partial charge in [-0.1, -0.05) is 42.3 Å². The summed E-state index contributed by atoms with van der Waals surface area (Å²) in [7, 11) is 5.97. The van der Waals surface area contributed by atoms with Gasteiger partial charge in [-0.15, -0.1) is 0 Å². The lowest BCUT2D eigenvalue weighted by Crippen LogP contribution is -2.64. The molecule has 0 saturated carbocycles. The molecule has 14 heteroatoms. The number of fused-ring (bicyclic) bond motifs is 5. The second-order valence-corrected chi connectivity index (χ2v) is 13.9. The summed E-state index contributed by atoms with van der Waals surface area (Å²) in [5, 5.41) is 14.5. The van der Waals surface area contributed by atoms with Gasteiger partial charge in [-0.25, -0.2) is 9.59 Å². The maximum Gasteiger partial charge on any atom is 0.409 e. The van der Waals surface area contributed by atoms with Gasteiger partial charge in [-0.05, 0) is 51.8 Å². The van der Waals surface area contributed by atoms with Crippen molar-refractivity contribution >= 4 is 41.2 Å². The van der Waals surface area contributed by atoms with Crippen molar-refractivity contribution < 1.29 is 48.0 Å². The van der Waals surface area contributed by atoms with Gasteiger partial charge >= 0.3 is 12.1 Å². The van der Waals surface area contributed by atoms with Crippen LogP contribution in [0.4, 0.5) is 10.5 Å². The molecule has 4 bridgehead atoms. The average Bonchev–Trinajstić information content (AvgIpc) is 3.63. The summed E-state index contributed by atoms with van der Waals surface area (Å²) in [6.45, 7) is 10.1. The van der Waals surface area contributed by atoms with Gasteiger partial charge in [-0.3, -0.25) is 14.9 Å². The zero-order valence-electron chi connectivity index (χ0n) is 29.8. The number of halogens is 1. The van der Waals surface area contributed by atoms with Crippen molar-refractivity contribution in [3.8, 4) is 5.75 Å². The molecule has 49 heavy (non-hydrogen) atoms. The fourth-order valence-electron chi connectivity index (χ4n) is 6.63. The third-order valence-corrected chi connectivity index (χ3v) is 10.8. The Morgan fingerprint density at radius 1 is 1.20 bits per heavy atom. The molecular formula is C35H48ClN3O10. The number of esters is 1. The summed E-state index contributed by atoms with van der Waals surface area (Å²) in [6, 6.07) is 2.62. The first kappa shape index (κ1) is 38.2. The summed E-state index contributed by atoms with van der Waals surface area (Å²) in [6.07, 6.45) is 1.55. The third-order valence-electron chi connectivity index (χ3n) is 10.4. The van der Waals surface area contributed by atoms with Gasteiger partial charge in [0.2, 0.25) is 11.8 Å². The van der Waals surface area contributed by atoms with Crippen LogP contribution in [0.25, 0.3) is 0 Å². The van der Waals surface area contributed by atoms with Crippen LogP contribution in [0.3, 0.4) is 0 Å². The maximum atomic E-state index is 14.1. The number of epoxide rings is 1. The standard InChI is InChI=1S/C35H48ClN3O10/c1-19-12-11-13-27(46-10)35(44)18-26(47-32(43)37-35)20(2)33(5)34(6,49-33)28(48-31(42)21(3)38(7)22(4)40)17-29(41)39(8)24-15-23(14-19)16-25(45-9)30(24)36/h11-13,15-16,20-21,26-28,44H,14,17-18H2,1-10H3,(H,37,43)/t20-,21+,26+,27-,28+,33-,34+,35+/m1/s1. The van der Waals surface area contributed by atoms with Gasteiger partial charge in [0.1, 0.15) is 46.3 Å². The predicted octanol–water partition coefficient (Wildman–Crippen LogP) is 3.92. The van der Waals surface area contributed by atoms with Crippen molar-refractivity contribution in [2.24, 2.45) is 5.92 Å². The summed E-state index contributed by atoms with van der Waals surface area (Å²) in [5.41, 5.74) is -2.06. The van der Waals surface area contributed by atoms with Crippen LogP contribution in [-0.2, 0) is 39.8 Å². The Bertz CT molecular complexity index is 1550. The molecule has 0 aliphatic carbocycles. The first-order valence-electron chi connectivity index (χ1n) is 16.2. The van der Waals surface area contributed by atoms with E-state index in [0.717, 1.165) is 11.1 Å². The number of methoxy groups -OCH3 is 2. The Morgan fingerprint density at radius 2 is 1.88 bits per heavy atom. The van der Waals surface area contributed by atoms with Crippen molar-refractivity contribution in [2.75, 3.05) is 33.2 Å². The first-order chi connectivity index (χ1) is 22.8. The van der Waals surface area contributed by atoms with Gasteiger partial charge in [0.05, 0.1) is 19.2 Å². The molecule has 1 aromatic rings. The lowest BCUT2D eigenvalue weighted by Gasteiger charge is -2.43. The molecule has 0 radical (unpaired) electrons. The molecule has 3 aliphatic heterocycles. The molecular weight excluding hydrogens is 658 g/mol. The Labute approximate surface area is 292 Å². The van der Waals surface area contributed by atoms with Crippen LogP contribution in [0.1, 0.15) is 59.9 Å². The van der Waals surface area contributed by atoms with Crippen molar-refractivity contribution in [1.82, 2.24) is 10.2 Å². The molecule has 4 rings (SSSR count). The third kappa shape index (κ3) is 7.45. The molecule has 2 fully saturated rings. The second kappa shape index (κ2) is 14.3. The van der Waals surface area contributed by atoms with Gasteiger partial charge in [-0.2, -0.15) is 0 Å². The van der Waals surface area contributed by atoms with E-state index in [9.17, 15) is 24.3 Å². The van der Waals surface area contributed by atoms with Crippen LogP contribution in [0.5, 0.6) is 5.75 Å².